The largest absolute Gasteiger partial charge is 0.391 e. The highest BCUT2D eigenvalue weighted by Crippen LogP contribution is 2.28. The lowest BCUT2D eigenvalue weighted by molar-refractivity contribution is 0.154. The van der Waals surface area contributed by atoms with E-state index in [9.17, 15) is 9.90 Å². The van der Waals surface area contributed by atoms with Crippen molar-refractivity contribution in [3.8, 4) is 6.07 Å². The number of hydrogen-bond donors (Lipinski definition) is 3. The first kappa shape index (κ1) is 22.1. The molecule has 0 aliphatic carbocycles. The van der Waals surface area contributed by atoms with Gasteiger partial charge in [0.1, 0.15) is 16.7 Å². The minimum Gasteiger partial charge on any atom is -0.391 e. The molecule has 10 heteroatoms. The summed E-state index contributed by atoms with van der Waals surface area (Å²) in [6.07, 6.45) is 5.48. The van der Waals surface area contributed by atoms with E-state index in [4.69, 9.17) is 10.2 Å². The number of β-amino-alcohol motifs (C(OH)–C–C–N with tert-alkyl or cyclic N) is 1. The first-order valence-corrected chi connectivity index (χ1v) is 11.8. The lowest BCUT2D eigenvalue weighted by Gasteiger charge is -2.32. The molecule has 34 heavy (non-hydrogen) atoms. The van der Waals surface area contributed by atoms with Crippen LogP contribution in [0.25, 0.3) is 10.9 Å². The Labute approximate surface area is 197 Å². The normalized spacial score (nSPS) is 19.2. The molecular weight excluding hydrogens is 432 g/mol. The molecule has 0 spiro atoms. The van der Waals surface area contributed by atoms with Gasteiger partial charge in [0.25, 0.3) is 5.56 Å². The van der Waals surface area contributed by atoms with E-state index in [1.54, 1.807) is 6.20 Å². The summed E-state index contributed by atoms with van der Waals surface area (Å²) in [5.74, 6) is 1.39. The first-order chi connectivity index (χ1) is 16.6. The van der Waals surface area contributed by atoms with Crippen LogP contribution >= 0.6 is 0 Å². The Morgan fingerprint density at radius 3 is 2.65 bits per heavy atom. The zero-order valence-corrected chi connectivity index (χ0v) is 18.9. The van der Waals surface area contributed by atoms with Crippen molar-refractivity contribution in [2.24, 2.45) is 5.92 Å². The van der Waals surface area contributed by atoms with Gasteiger partial charge >= 0.3 is 0 Å². The molecule has 3 aromatic rings. The number of aliphatic hydroxyl groups excluding tert-OH is 1. The molecule has 2 aliphatic rings. The van der Waals surface area contributed by atoms with Crippen molar-refractivity contribution >= 4 is 34.0 Å². The fourth-order valence-electron chi connectivity index (χ4n) is 4.77. The maximum Gasteiger partial charge on any atom is 0.277 e. The number of nitriles is 1. The molecule has 2 saturated heterocycles. The van der Waals surface area contributed by atoms with Crippen LogP contribution in [-0.4, -0.2) is 57.6 Å². The van der Waals surface area contributed by atoms with Gasteiger partial charge in [0, 0.05) is 44.0 Å². The van der Waals surface area contributed by atoms with E-state index in [0.717, 1.165) is 56.7 Å². The molecular formula is C24H28N8O2. The Morgan fingerprint density at radius 2 is 1.91 bits per heavy atom. The number of aromatic nitrogens is 4. The van der Waals surface area contributed by atoms with E-state index in [1.165, 1.54) is 0 Å². The maximum atomic E-state index is 12.6. The summed E-state index contributed by atoms with van der Waals surface area (Å²) in [6.45, 7) is 3.10. The zero-order chi connectivity index (χ0) is 23.5. The molecule has 3 N–H and O–H groups in total. The summed E-state index contributed by atoms with van der Waals surface area (Å²) >= 11 is 0. The van der Waals surface area contributed by atoms with Crippen LogP contribution in [0.1, 0.15) is 32.1 Å². The first-order valence-electron chi connectivity index (χ1n) is 11.8. The van der Waals surface area contributed by atoms with E-state index < -0.39 is 0 Å². The molecule has 1 aromatic carbocycles. The van der Waals surface area contributed by atoms with Gasteiger partial charge in [-0.25, -0.2) is 10.1 Å². The summed E-state index contributed by atoms with van der Waals surface area (Å²) in [5, 5.41) is 29.0. The summed E-state index contributed by atoms with van der Waals surface area (Å²) in [6, 6.07) is 10.2. The molecule has 0 unspecified atom stereocenters. The molecule has 10 nitrogen and oxygen atoms in total. The van der Waals surface area contributed by atoms with E-state index in [2.05, 4.69) is 36.4 Å². The van der Waals surface area contributed by atoms with Crippen LogP contribution in [0, 0.1) is 17.2 Å². The third-order valence-electron chi connectivity index (χ3n) is 6.67. The topological polar surface area (TPSA) is 134 Å². The highest BCUT2D eigenvalue weighted by molar-refractivity contribution is 5.90. The smallest absolute Gasteiger partial charge is 0.277 e. The Balaban J connectivity index is 1.41. The number of nitrogens with one attached hydrogen (secondary N) is 2. The Morgan fingerprint density at radius 1 is 1.12 bits per heavy atom. The van der Waals surface area contributed by atoms with Crippen molar-refractivity contribution in [1.29, 1.82) is 5.26 Å². The standard InChI is InChI=1S/C24H28N8O2/c25-10-7-16-8-12-31(13-9-16)24-28-20-14-26-30-23(34)21(20)22(29-24)27-17-3-5-18(6-4-17)32-11-1-2-19(33)15-32/h3-6,14,16,19,33H,1-2,7-9,11-13,15H2,(H,30,34)(H,27,28,29)/t19-/m1/s1. The van der Waals surface area contributed by atoms with E-state index >= 15 is 0 Å². The fraction of sp³-hybridized carbons (Fsp3) is 0.458. The molecule has 5 rings (SSSR count). The zero-order valence-electron chi connectivity index (χ0n) is 18.9. The Hall–Kier alpha value is -3.71. The molecule has 0 saturated carbocycles. The van der Waals surface area contributed by atoms with Crippen molar-refractivity contribution in [2.75, 3.05) is 41.3 Å². The van der Waals surface area contributed by atoms with Crippen LogP contribution < -0.4 is 20.7 Å². The highest BCUT2D eigenvalue weighted by Gasteiger charge is 2.23. The van der Waals surface area contributed by atoms with E-state index in [-0.39, 0.29) is 11.7 Å². The predicted molar refractivity (Wildman–Crippen MR) is 130 cm³/mol. The van der Waals surface area contributed by atoms with Gasteiger partial charge in [0.2, 0.25) is 5.95 Å². The molecule has 176 valence electrons. The number of aliphatic hydroxyl groups is 1. The number of aromatic amines is 1. The van der Waals surface area contributed by atoms with Crippen LogP contribution in [0.3, 0.4) is 0 Å². The molecule has 0 bridgehead atoms. The van der Waals surface area contributed by atoms with Gasteiger partial charge in [-0.2, -0.15) is 15.3 Å². The maximum absolute atomic E-state index is 12.6. The van der Waals surface area contributed by atoms with Crippen molar-refractivity contribution in [3.63, 3.8) is 0 Å². The second kappa shape index (κ2) is 9.65. The van der Waals surface area contributed by atoms with Crippen LogP contribution in [0.5, 0.6) is 0 Å². The third-order valence-corrected chi connectivity index (χ3v) is 6.67. The van der Waals surface area contributed by atoms with Crippen LogP contribution in [0.4, 0.5) is 23.1 Å². The third kappa shape index (κ3) is 4.65. The van der Waals surface area contributed by atoms with Crippen molar-refractivity contribution in [3.05, 3.63) is 40.8 Å². The number of H-pyrrole nitrogens is 1. The van der Waals surface area contributed by atoms with Gasteiger partial charge in [-0.15, -0.1) is 0 Å². The quantitative estimate of drug-likeness (QED) is 0.525. The molecule has 2 fully saturated rings. The lowest BCUT2D eigenvalue weighted by atomic mass is 9.94. The number of piperidine rings is 2. The summed E-state index contributed by atoms with van der Waals surface area (Å²) in [4.78, 5) is 26.2. The van der Waals surface area contributed by atoms with Gasteiger partial charge in [0.15, 0.2) is 0 Å². The van der Waals surface area contributed by atoms with Gasteiger partial charge in [-0.05, 0) is 55.9 Å². The predicted octanol–water partition coefficient (Wildman–Crippen LogP) is 2.55. The fourth-order valence-corrected chi connectivity index (χ4v) is 4.77. The number of nitrogens with zero attached hydrogens (tertiary/aromatic N) is 6. The molecule has 0 radical (unpaired) electrons. The minimum atomic E-state index is -0.349. The molecule has 4 heterocycles. The van der Waals surface area contributed by atoms with Gasteiger partial charge in [-0.1, -0.05) is 0 Å². The van der Waals surface area contributed by atoms with Gasteiger partial charge < -0.3 is 20.2 Å². The number of benzene rings is 1. The number of rotatable bonds is 5. The Kier molecular flexibility index (Phi) is 6.27. The monoisotopic (exact) mass is 460 g/mol. The van der Waals surface area contributed by atoms with E-state index in [0.29, 0.717) is 41.6 Å². The SMILES string of the molecule is N#CCC1CCN(c2nc(Nc3ccc(N4CCC[C@@H](O)C4)cc3)c3c(=O)[nH]ncc3n2)CC1. The molecule has 1 atom stereocenters. The number of fused-ring (bicyclic) bond motifs is 1. The lowest BCUT2D eigenvalue weighted by Crippen LogP contribution is -2.38. The second-order valence-corrected chi connectivity index (χ2v) is 9.04. The van der Waals surface area contributed by atoms with Crippen molar-refractivity contribution < 1.29 is 5.11 Å². The molecule has 2 aliphatic heterocycles. The van der Waals surface area contributed by atoms with E-state index in [1.807, 2.05) is 24.3 Å². The van der Waals surface area contributed by atoms with Crippen molar-refractivity contribution in [1.82, 2.24) is 20.2 Å². The molecule has 2 aromatic heterocycles. The number of anilines is 4. The summed E-state index contributed by atoms with van der Waals surface area (Å²) in [5.41, 5.74) is 1.99. The summed E-state index contributed by atoms with van der Waals surface area (Å²) in [7, 11) is 0. The summed E-state index contributed by atoms with van der Waals surface area (Å²) < 4.78 is 0. The highest BCUT2D eigenvalue weighted by atomic mass is 16.3. The second-order valence-electron chi connectivity index (χ2n) is 9.04. The van der Waals surface area contributed by atoms with Gasteiger partial charge in [-0.3, -0.25) is 4.79 Å². The van der Waals surface area contributed by atoms with Crippen molar-refractivity contribution in [2.45, 2.75) is 38.2 Å². The number of hydrogen-bond acceptors (Lipinski definition) is 9. The minimum absolute atomic E-state index is 0.289. The average Bonchev–Trinajstić information content (AvgIpc) is 2.85. The Bertz CT molecular complexity index is 1240. The van der Waals surface area contributed by atoms with Crippen LogP contribution in [0.15, 0.2) is 35.3 Å². The van der Waals surface area contributed by atoms with Crippen LogP contribution in [-0.2, 0) is 0 Å². The molecule has 0 amide bonds. The van der Waals surface area contributed by atoms with Crippen LogP contribution in [0.2, 0.25) is 0 Å². The van der Waals surface area contributed by atoms with Gasteiger partial charge in [0.05, 0.1) is 18.4 Å². The average molecular weight is 461 g/mol.